The van der Waals surface area contributed by atoms with Crippen LogP contribution in [-0.4, -0.2) is 16.8 Å². The molecule has 130 valence electrons. The van der Waals surface area contributed by atoms with E-state index in [1.54, 1.807) is 36.0 Å². The van der Waals surface area contributed by atoms with Crippen LogP contribution < -0.4 is 10.6 Å². The molecule has 1 aliphatic rings. The average molecular weight is 385 g/mol. The van der Waals surface area contributed by atoms with Crippen LogP contribution in [0, 0.1) is 5.82 Å². The van der Waals surface area contributed by atoms with E-state index in [2.05, 4.69) is 15.6 Å². The number of aromatic nitrogens is 1. The van der Waals surface area contributed by atoms with Gasteiger partial charge in [-0.25, -0.2) is 4.39 Å². The van der Waals surface area contributed by atoms with Gasteiger partial charge < -0.3 is 10.6 Å². The third-order valence-electron chi connectivity index (χ3n) is 3.82. The number of amides is 2. The second-order valence-corrected chi connectivity index (χ2v) is 7.56. The molecule has 4 rings (SSSR count). The van der Waals surface area contributed by atoms with Gasteiger partial charge in [-0.1, -0.05) is 17.8 Å². The number of fused-ring (bicyclic) bond motifs is 2. The molecule has 0 unspecified atom stereocenters. The van der Waals surface area contributed by atoms with Crippen LogP contribution in [-0.2, 0) is 6.54 Å². The summed E-state index contributed by atoms with van der Waals surface area (Å²) in [5.41, 5.74) is 2.89. The molecule has 5 nitrogen and oxygen atoms in total. The van der Waals surface area contributed by atoms with Gasteiger partial charge in [-0.2, -0.15) is 0 Å². The van der Waals surface area contributed by atoms with Crippen molar-refractivity contribution in [3.05, 3.63) is 69.9 Å². The zero-order valence-electron chi connectivity index (χ0n) is 13.3. The molecule has 2 aromatic carbocycles. The van der Waals surface area contributed by atoms with Crippen molar-refractivity contribution in [1.82, 2.24) is 10.3 Å². The van der Waals surface area contributed by atoms with Crippen molar-refractivity contribution in [1.29, 1.82) is 0 Å². The first-order chi connectivity index (χ1) is 12.6. The number of carbonyl (C=O) groups is 2. The first-order valence-corrected chi connectivity index (χ1v) is 9.39. The Morgan fingerprint density at radius 2 is 2.15 bits per heavy atom. The lowest BCUT2D eigenvalue weighted by molar-refractivity contribution is 0.0949. The van der Waals surface area contributed by atoms with Gasteiger partial charge in [-0.05, 0) is 30.3 Å². The van der Waals surface area contributed by atoms with Crippen LogP contribution in [0.15, 0.2) is 57.9 Å². The van der Waals surface area contributed by atoms with Crippen LogP contribution in [0.1, 0.15) is 25.6 Å². The smallest absolute Gasteiger partial charge is 0.256 e. The Morgan fingerprint density at radius 1 is 1.27 bits per heavy atom. The predicted molar refractivity (Wildman–Crippen MR) is 98.2 cm³/mol. The number of anilines is 1. The number of hydrogen-bond acceptors (Lipinski definition) is 5. The number of benzene rings is 2. The Bertz CT molecular complexity index is 1010. The zero-order valence-corrected chi connectivity index (χ0v) is 14.9. The fourth-order valence-electron chi connectivity index (χ4n) is 2.55. The highest BCUT2D eigenvalue weighted by Crippen LogP contribution is 2.40. The fraction of sp³-hybridized carbons (Fsp3) is 0.0556. The Balaban J connectivity index is 1.60. The highest BCUT2D eigenvalue weighted by Gasteiger charge is 2.23. The molecule has 0 saturated carbocycles. The SMILES string of the molecule is O=C(NCc1cncs1)c1ccc2c(c1)NC(=O)c1cccc(F)c1S2. The Morgan fingerprint density at radius 3 is 2.96 bits per heavy atom. The third-order valence-corrected chi connectivity index (χ3v) is 5.79. The summed E-state index contributed by atoms with van der Waals surface area (Å²) in [6, 6.07) is 9.38. The lowest BCUT2D eigenvalue weighted by Crippen LogP contribution is -2.22. The van der Waals surface area contributed by atoms with Crippen molar-refractivity contribution in [2.75, 3.05) is 5.32 Å². The van der Waals surface area contributed by atoms with Gasteiger partial charge in [-0.3, -0.25) is 14.6 Å². The van der Waals surface area contributed by atoms with Gasteiger partial charge in [0.15, 0.2) is 0 Å². The molecule has 0 aliphatic carbocycles. The molecule has 0 atom stereocenters. The number of halogens is 1. The summed E-state index contributed by atoms with van der Waals surface area (Å²) in [5.74, 6) is -1.09. The van der Waals surface area contributed by atoms with Crippen LogP contribution in [0.4, 0.5) is 10.1 Å². The molecule has 0 fully saturated rings. The van der Waals surface area contributed by atoms with E-state index in [-0.39, 0.29) is 16.4 Å². The van der Waals surface area contributed by atoms with Crippen LogP contribution in [0.2, 0.25) is 0 Å². The molecule has 0 spiro atoms. The number of carbonyl (C=O) groups excluding carboxylic acids is 2. The lowest BCUT2D eigenvalue weighted by atomic mass is 10.1. The molecule has 3 aromatic rings. The van der Waals surface area contributed by atoms with E-state index in [0.717, 1.165) is 4.88 Å². The van der Waals surface area contributed by atoms with E-state index < -0.39 is 11.7 Å². The molecule has 0 saturated heterocycles. The largest absolute Gasteiger partial charge is 0.347 e. The van der Waals surface area contributed by atoms with Crippen molar-refractivity contribution in [2.24, 2.45) is 0 Å². The highest BCUT2D eigenvalue weighted by molar-refractivity contribution is 7.99. The van der Waals surface area contributed by atoms with Crippen molar-refractivity contribution in [3.63, 3.8) is 0 Å². The minimum Gasteiger partial charge on any atom is -0.347 e. The van der Waals surface area contributed by atoms with Gasteiger partial charge in [-0.15, -0.1) is 11.3 Å². The second-order valence-electron chi connectivity index (χ2n) is 5.53. The Hall–Kier alpha value is -2.71. The summed E-state index contributed by atoms with van der Waals surface area (Å²) in [7, 11) is 0. The Kier molecular flexibility index (Phi) is 4.44. The van der Waals surface area contributed by atoms with Gasteiger partial charge in [0.2, 0.25) is 0 Å². The van der Waals surface area contributed by atoms with Crippen molar-refractivity contribution in [3.8, 4) is 0 Å². The van der Waals surface area contributed by atoms with Crippen molar-refractivity contribution < 1.29 is 14.0 Å². The summed E-state index contributed by atoms with van der Waals surface area (Å²) < 4.78 is 14.1. The molecule has 1 aromatic heterocycles. The van der Waals surface area contributed by atoms with E-state index in [9.17, 15) is 14.0 Å². The van der Waals surface area contributed by atoms with Crippen LogP contribution in [0.3, 0.4) is 0 Å². The Labute approximate surface area is 156 Å². The van der Waals surface area contributed by atoms with Gasteiger partial charge in [0.05, 0.1) is 28.2 Å². The van der Waals surface area contributed by atoms with E-state index in [1.807, 2.05) is 0 Å². The predicted octanol–water partition coefficient (Wildman–Crippen LogP) is 3.93. The van der Waals surface area contributed by atoms with E-state index >= 15 is 0 Å². The fourth-order valence-corrected chi connectivity index (χ4v) is 4.09. The molecule has 26 heavy (non-hydrogen) atoms. The van der Waals surface area contributed by atoms with Gasteiger partial charge in [0.25, 0.3) is 11.8 Å². The summed E-state index contributed by atoms with van der Waals surface area (Å²) in [5, 5.41) is 5.57. The average Bonchev–Trinajstić information content (AvgIpc) is 3.11. The number of nitrogens with zero attached hydrogens (tertiary/aromatic N) is 1. The maximum atomic E-state index is 14.1. The first-order valence-electron chi connectivity index (χ1n) is 7.69. The maximum Gasteiger partial charge on any atom is 0.256 e. The van der Waals surface area contributed by atoms with E-state index in [0.29, 0.717) is 22.7 Å². The van der Waals surface area contributed by atoms with Gasteiger partial charge >= 0.3 is 0 Å². The molecule has 2 heterocycles. The molecule has 1 aliphatic heterocycles. The zero-order chi connectivity index (χ0) is 18.1. The summed E-state index contributed by atoms with van der Waals surface area (Å²) in [6.45, 7) is 0.387. The van der Waals surface area contributed by atoms with Gasteiger partial charge in [0, 0.05) is 21.5 Å². The highest BCUT2D eigenvalue weighted by atomic mass is 32.2. The molecular weight excluding hydrogens is 373 g/mol. The first kappa shape index (κ1) is 16.7. The number of thiazole rings is 1. The number of hydrogen-bond donors (Lipinski definition) is 2. The minimum atomic E-state index is -0.443. The summed E-state index contributed by atoms with van der Waals surface area (Å²) >= 11 is 2.63. The quantitative estimate of drug-likeness (QED) is 0.717. The van der Waals surface area contributed by atoms with E-state index in [1.165, 1.54) is 35.2 Å². The molecule has 8 heteroatoms. The normalized spacial score (nSPS) is 12.6. The molecule has 2 N–H and O–H groups in total. The van der Waals surface area contributed by atoms with Crippen LogP contribution in [0.5, 0.6) is 0 Å². The molecule has 0 bridgehead atoms. The maximum absolute atomic E-state index is 14.1. The second kappa shape index (κ2) is 6.89. The topological polar surface area (TPSA) is 71.1 Å². The monoisotopic (exact) mass is 385 g/mol. The summed E-state index contributed by atoms with van der Waals surface area (Å²) in [4.78, 5) is 30.6. The molecular formula is C18H12FN3O2S2. The third kappa shape index (κ3) is 3.21. The van der Waals surface area contributed by atoms with Crippen molar-refractivity contribution >= 4 is 40.6 Å². The minimum absolute atomic E-state index is 0.256. The summed E-state index contributed by atoms with van der Waals surface area (Å²) in [6.07, 6.45) is 1.70. The lowest BCUT2D eigenvalue weighted by Gasteiger charge is -2.09. The standard InChI is InChI=1S/C18H12FN3O2S2/c19-13-3-1-2-12-16(13)26-15-5-4-10(6-14(15)22-18(12)24)17(23)21-8-11-7-20-9-25-11/h1-7,9H,8H2,(H,21,23)(H,22,24). The van der Waals surface area contributed by atoms with Crippen LogP contribution in [0.25, 0.3) is 0 Å². The number of nitrogens with one attached hydrogen (secondary N) is 2. The molecule has 2 amide bonds. The number of rotatable bonds is 3. The van der Waals surface area contributed by atoms with E-state index in [4.69, 9.17) is 0 Å². The van der Waals surface area contributed by atoms with Crippen LogP contribution >= 0.6 is 23.1 Å². The van der Waals surface area contributed by atoms with Gasteiger partial charge in [0.1, 0.15) is 5.82 Å². The van der Waals surface area contributed by atoms with Crippen molar-refractivity contribution in [2.45, 2.75) is 16.3 Å². The molecule has 0 radical (unpaired) electrons.